The summed E-state index contributed by atoms with van der Waals surface area (Å²) < 4.78 is 50.6. The summed E-state index contributed by atoms with van der Waals surface area (Å²) in [4.78, 5) is 8.81. The van der Waals surface area contributed by atoms with Gasteiger partial charge < -0.3 is 14.6 Å². The van der Waals surface area contributed by atoms with Crippen molar-refractivity contribution in [3.63, 3.8) is 0 Å². The molecule has 5 nitrogen and oxygen atoms in total. The number of hydrogen-bond donors (Lipinski definition) is 2. The van der Waals surface area contributed by atoms with Crippen molar-refractivity contribution >= 4 is 23.8 Å². The van der Waals surface area contributed by atoms with Crippen LogP contribution >= 0.6 is 11.9 Å². The van der Waals surface area contributed by atoms with Crippen molar-refractivity contribution in [2.45, 2.75) is 43.0 Å². The van der Waals surface area contributed by atoms with Crippen LogP contribution in [0.3, 0.4) is 0 Å². The Morgan fingerprint density at radius 2 is 1.91 bits per heavy atom. The third-order valence-electron chi connectivity index (χ3n) is 5.30. The zero-order valence-electron chi connectivity index (χ0n) is 18.3. The lowest BCUT2D eigenvalue weighted by atomic mass is 9.99. The van der Waals surface area contributed by atoms with Gasteiger partial charge in [0.15, 0.2) is 0 Å². The molecule has 1 atom stereocenters. The summed E-state index contributed by atoms with van der Waals surface area (Å²) >= 11 is 1.14. The predicted octanol–water partition coefficient (Wildman–Crippen LogP) is 6.61. The van der Waals surface area contributed by atoms with Crippen molar-refractivity contribution in [3.05, 3.63) is 71.8 Å². The Kier molecular flexibility index (Phi) is 7.74. The number of nitrogens with one attached hydrogen (secondary N) is 1. The Balaban J connectivity index is 1.76. The molecule has 2 aromatic heterocycles. The lowest BCUT2D eigenvalue weighted by Crippen LogP contribution is -2.17. The van der Waals surface area contributed by atoms with Crippen LogP contribution in [-0.4, -0.2) is 27.8 Å². The summed E-state index contributed by atoms with van der Waals surface area (Å²) in [5.74, 6) is 0.741. The second kappa shape index (κ2) is 10.9. The van der Waals surface area contributed by atoms with Crippen LogP contribution in [0.2, 0.25) is 0 Å². The third-order valence-corrected chi connectivity index (χ3v) is 6.05. The topological polar surface area (TPSA) is 67.3 Å². The van der Waals surface area contributed by atoms with Gasteiger partial charge in [0.25, 0.3) is 0 Å². The lowest BCUT2D eigenvalue weighted by Gasteiger charge is -2.18. The monoisotopic (exact) mass is 487 g/mol. The number of fused-ring (bicyclic) bond motifs is 6. The molecule has 0 radical (unpaired) electrons. The fraction of sp³-hybridized carbons (Fsp3) is 0.280. The second-order valence-electron chi connectivity index (χ2n) is 7.78. The number of alkyl halides is 3. The number of pyridine rings is 2. The first-order valence-corrected chi connectivity index (χ1v) is 11.8. The molecule has 0 saturated carbocycles. The first kappa shape index (κ1) is 24.1. The Hall–Kier alpha value is -3.04. The molecule has 4 rings (SSSR count). The van der Waals surface area contributed by atoms with Gasteiger partial charge in [-0.15, -0.1) is 0 Å². The van der Waals surface area contributed by atoms with Crippen LogP contribution in [0.25, 0.3) is 17.3 Å². The molecule has 0 spiro atoms. The van der Waals surface area contributed by atoms with E-state index in [1.807, 2.05) is 12.2 Å². The average molecular weight is 488 g/mol. The second-order valence-corrected chi connectivity index (χ2v) is 8.61. The highest BCUT2D eigenvalue weighted by Crippen LogP contribution is 2.38. The molecule has 1 aliphatic heterocycles. The number of benzene rings is 1. The van der Waals surface area contributed by atoms with Crippen LogP contribution in [-0.2, 0) is 6.18 Å². The normalized spacial score (nSPS) is 17.2. The zero-order valence-corrected chi connectivity index (χ0v) is 19.1. The van der Waals surface area contributed by atoms with Gasteiger partial charge in [0.05, 0.1) is 11.3 Å². The van der Waals surface area contributed by atoms with E-state index in [0.29, 0.717) is 47.7 Å². The molecule has 1 unspecified atom stereocenters. The number of rotatable bonds is 3. The predicted molar refractivity (Wildman–Crippen MR) is 127 cm³/mol. The van der Waals surface area contributed by atoms with E-state index in [1.165, 1.54) is 6.07 Å². The highest BCUT2D eigenvalue weighted by Gasteiger charge is 2.35. The summed E-state index contributed by atoms with van der Waals surface area (Å²) in [6.07, 6.45) is 1.66. The molecule has 1 aromatic carbocycles. The molecule has 0 fully saturated rings. The van der Waals surface area contributed by atoms with E-state index in [0.717, 1.165) is 18.0 Å². The Morgan fingerprint density at radius 3 is 2.74 bits per heavy atom. The van der Waals surface area contributed by atoms with Crippen molar-refractivity contribution in [2.75, 3.05) is 11.3 Å². The number of halogens is 3. The van der Waals surface area contributed by atoms with Crippen molar-refractivity contribution < 1.29 is 23.0 Å². The molecule has 34 heavy (non-hydrogen) atoms. The first-order chi connectivity index (χ1) is 16.4. The van der Waals surface area contributed by atoms with Gasteiger partial charge in [-0.05, 0) is 49.4 Å². The van der Waals surface area contributed by atoms with E-state index >= 15 is 0 Å². The molecule has 4 bridgehead atoms. The molecule has 9 heteroatoms. The quantitative estimate of drug-likeness (QED) is 0.405. The number of aliphatic hydroxyl groups is 1. The fourth-order valence-corrected chi connectivity index (χ4v) is 4.28. The average Bonchev–Trinajstić information content (AvgIpc) is 2.83. The standard InChI is InChI=1S/C25H24F3N3O2S/c26-25(27,28)20-14-15-21-29-24(20)19-11-4-2-8-17(19)7-1-3-9-18(10-6-16-32)33-22-12-5-13-23(30-22)34-31-21/h1-2,4-5,7-8,11-15,18,32H,3,6,9-10,16H2,(H,29,31)/b7-1+. The largest absolute Gasteiger partial charge is 0.474 e. The van der Waals surface area contributed by atoms with Gasteiger partial charge in [-0.25, -0.2) is 9.97 Å². The van der Waals surface area contributed by atoms with Gasteiger partial charge >= 0.3 is 6.18 Å². The molecule has 1 aliphatic rings. The maximum absolute atomic E-state index is 13.8. The Bertz CT molecular complexity index is 1150. The van der Waals surface area contributed by atoms with Crippen LogP contribution < -0.4 is 9.46 Å². The van der Waals surface area contributed by atoms with Crippen molar-refractivity contribution in [1.82, 2.24) is 9.97 Å². The fourth-order valence-electron chi connectivity index (χ4n) is 3.68. The number of allylic oxidation sites excluding steroid dienone is 1. The van der Waals surface area contributed by atoms with Crippen LogP contribution in [0.5, 0.6) is 5.88 Å². The third kappa shape index (κ3) is 6.09. The molecule has 178 valence electrons. The van der Waals surface area contributed by atoms with Crippen LogP contribution in [0.4, 0.5) is 19.0 Å². The SMILES string of the molecule is OCCCC1CC/C=C/c2ccccc2-c2nc(ccc2C(F)(F)F)NSc2cccc(n2)O1. The number of nitrogens with zero attached hydrogens (tertiary/aromatic N) is 2. The molecule has 3 heterocycles. The molecular weight excluding hydrogens is 463 g/mol. The van der Waals surface area contributed by atoms with E-state index in [2.05, 4.69) is 14.7 Å². The number of aromatic nitrogens is 2. The maximum atomic E-state index is 13.8. The lowest BCUT2D eigenvalue weighted by molar-refractivity contribution is -0.137. The number of hydrogen-bond acceptors (Lipinski definition) is 6. The minimum atomic E-state index is -4.54. The van der Waals surface area contributed by atoms with Crippen molar-refractivity contribution in [2.24, 2.45) is 0 Å². The van der Waals surface area contributed by atoms with Gasteiger partial charge in [0.1, 0.15) is 16.9 Å². The summed E-state index contributed by atoms with van der Waals surface area (Å²) in [6.45, 7) is 0.0720. The highest BCUT2D eigenvalue weighted by molar-refractivity contribution is 8.00. The van der Waals surface area contributed by atoms with Crippen LogP contribution in [0.15, 0.2) is 65.7 Å². The van der Waals surface area contributed by atoms with E-state index < -0.39 is 11.7 Å². The Morgan fingerprint density at radius 1 is 1.06 bits per heavy atom. The van der Waals surface area contributed by atoms with E-state index in [4.69, 9.17) is 4.74 Å². The first-order valence-electron chi connectivity index (χ1n) is 11.0. The molecular formula is C25H24F3N3O2S. The van der Waals surface area contributed by atoms with E-state index in [1.54, 1.807) is 42.5 Å². The van der Waals surface area contributed by atoms with Crippen molar-refractivity contribution in [1.29, 1.82) is 0 Å². The van der Waals surface area contributed by atoms with Gasteiger partial charge in [-0.2, -0.15) is 13.2 Å². The van der Waals surface area contributed by atoms with Gasteiger partial charge in [-0.3, -0.25) is 0 Å². The molecule has 0 aliphatic carbocycles. The number of aliphatic hydroxyl groups excluding tert-OH is 1. The van der Waals surface area contributed by atoms with E-state index in [-0.39, 0.29) is 24.2 Å². The summed E-state index contributed by atoms with van der Waals surface area (Å²) in [7, 11) is 0. The molecule has 2 N–H and O–H groups in total. The highest BCUT2D eigenvalue weighted by atomic mass is 32.2. The minimum absolute atomic E-state index is 0.0720. The van der Waals surface area contributed by atoms with Crippen LogP contribution in [0, 0.1) is 0 Å². The van der Waals surface area contributed by atoms with E-state index in [9.17, 15) is 18.3 Å². The smallest absolute Gasteiger partial charge is 0.418 e. The molecule has 0 amide bonds. The number of anilines is 1. The van der Waals surface area contributed by atoms with Crippen LogP contribution in [0.1, 0.15) is 36.8 Å². The number of ether oxygens (including phenoxy) is 1. The summed E-state index contributed by atoms with van der Waals surface area (Å²) in [5.41, 5.74) is 0.135. The summed E-state index contributed by atoms with van der Waals surface area (Å²) in [6, 6.07) is 14.6. The summed E-state index contributed by atoms with van der Waals surface area (Å²) in [5, 5.41) is 9.83. The van der Waals surface area contributed by atoms with Gasteiger partial charge in [0, 0.05) is 30.2 Å². The zero-order chi connectivity index (χ0) is 24.0. The minimum Gasteiger partial charge on any atom is -0.474 e. The maximum Gasteiger partial charge on any atom is 0.418 e. The van der Waals surface area contributed by atoms with Gasteiger partial charge in [-0.1, -0.05) is 42.5 Å². The molecule has 0 saturated heterocycles. The molecule has 3 aromatic rings. The van der Waals surface area contributed by atoms with Gasteiger partial charge in [0.2, 0.25) is 5.88 Å². The Labute approximate surface area is 200 Å². The van der Waals surface area contributed by atoms with Crippen molar-refractivity contribution in [3.8, 4) is 17.1 Å².